The lowest BCUT2D eigenvalue weighted by atomic mass is 10.4. The van der Waals surface area contributed by atoms with Gasteiger partial charge in [0.2, 0.25) is 5.95 Å². The number of rotatable bonds is 1. The summed E-state index contributed by atoms with van der Waals surface area (Å²) in [6.07, 6.45) is 1.57. The van der Waals surface area contributed by atoms with Gasteiger partial charge in [0, 0.05) is 0 Å². The van der Waals surface area contributed by atoms with Gasteiger partial charge in [0.05, 0.1) is 11.7 Å². The number of aromatic nitrogens is 3. The predicted octanol–water partition coefficient (Wildman–Crippen LogP) is 2.62. The Morgan fingerprint density at radius 3 is 3.00 bits per heavy atom. The lowest BCUT2D eigenvalue weighted by molar-refractivity contribution is 0.589. The first-order valence-electron chi connectivity index (χ1n) is 4.39. The Hall–Kier alpha value is -1.75. The molecule has 0 fully saturated rings. The van der Waals surface area contributed by atoms with Crippen molar-refractivity contribution in [3.63, 3.8) is 0 Å². The van der Waals surface area contributed by atoms with Crippen molar-refractivity contribution < 1.29 is 4.39 Å². The van der Waals surface area contributed by atoms with Crippen LogP contribution in [0.25, 0.3) is 16.0 Å². The maximum atomic E-state index is 12.8. The summed E-state index contributed by atoms with van der Waals surface area (Å²) < 4.78 is 14.6. The van der Waals surface area contributed by atoms with Crippen molar-refractivity contribution in [2.45, 2.75) is 0 Å². The molecule has 0 atom stereocenters. The molecule has 3 rings (SSSR count). The van der Waals surface area contributed by atoms with Crippen molar-refractivity contribution in [1.82, 2.24) is 14.8 Å². The van der Waals surface area contributed by atoms with Gasteiger partial charge in [-0.25, -0.2) is 9.67 Å². The zero-order valence-corrected chi connectivity index (χ0v) is 8.41. The number of halogens is 1. The summed E-state index contributed by atoms with van der Waals surface area (Å²) in [4.78, 5) is 3.76. The minimum atomic E-state index is -0.478. The van der Waals surface area contributed by atoms with Gasteiger partial charge >= 0.3 is 0 Å². The molecule has 3 nitrogen and oxygen atoms in total. The molecule has 0 radical (unpaired) electrons. The molecule has 0 aliphatic heterocycles. The van der Waals surface area contributed by atoms with Gasteiger partial charge in [0.1, 0.15) is 10.5 Å². The maximum absolute atomic E-state index is 12.8. The van der Waals surface area contributed by atoms with Crippen LogP contribution < -0.4 is 0 Å². The number of hydrogen-bond acceptors (Lipinski definition) is 3. The first-order valence-corrected chi connectivity index (χ1v) is 5.27. The van der Waals surface area contributed by atoms with Crippen molar-refractivity contribution in [3.05, 3.63) is 41.8 Å². The smallest absolute Gasteiger partial charge is 0.213 e. The molecule has 0 aliphatic carbocycles. The molecule has 3 aromatic heterocycles. The second-order valence-electron chi connectivity index (χ2n) is 3.05. The predicted molar refractivity (Wildman–Crippen MR) is 56.7 cm³/mol. The van der Waals surface area contributed by atoms with Crippen LogP contribution in [0, 0.1) is 5.95 Å². The lowest BCUT2D eigenvalue weighted by Gasteiger charge is -1.97. The Balaban J connectivity index is 2.29. The van der Waals surface area contributed by atoms with Gasteiger partial charge in [-0.3, -0.25) is 0 Å². The van der Waals surface area contributed by atoms with Gasteiger partial charge in [0.25, 0.3) is 0 Å². The van der Waals surface area contributed by atoms with Crippen LogP contribution in [0.1, 0.15) is 0 Å². The maximum Gasteiger partial charge on any atom is 0.213 e. The van der Waals surface area contributed by atoms with Gasteiger partial charge in [-0.1, -0.05) is 0 Å². The van der Waals surface area contributed by atoms with E-state index in [-0.39, 0.29) is 0 Å². The monoisotopic (exact) mass is 219 g/mol. The van der Waals surface area contributed by atoms with Crippen LogP contribution in [-0.2, 0) is 0 Å². The van der Waals surface area contributed by atoms with Crippen molar-refractivity contribution in [3.8, 4) is 5.00 Å². The number of thiophene rings is 1. The standard InChI is InChI=1S/C10H6FN3S/c11-9-4-3-8-7(13-9)6-12-14(8)10-2-1-5-15-10/h1-6H. The number of pyridine rings is 1. The van der Waals surface area contributed by atoms with E-state index in [4.69, 9.17) is 0 Å². The summed E-state index contributed by atoms with van der Waals surface area (Å²) in [6, 6.07) is 6.93. The molecule has 5 heteroatoms. The molecule has 0 unspecified atom stereocenters. The van der Waals surface area contributed by atoms with Crippen molar-refractivity contribution >= 4 is 22.4 Å². The average molecular weight is 219 g/mol. The normalized spacial score (nSPS) is 11.0. The molecule has 15 heavy (non-hydrogen) atoms. The molecule has 0 bridgehead atoms. The van der Waals surface area contributed by atoms with Crippen LogP contribution in [-0.4, -0.2) is 14.8 Å². The molecule has 0 amide bonds. The average Bonchev–Trinajstić information content (AvgIpc) is 2.82. The van der Waals surface area contributed by atoms with E-state index in [2.05, 4.69) is 10.1 Å². The topological polar surface area (TPSA) is 30.7 Å². The Labute approximate surface area is 88.8 Å². The first kappa shape index (κ1) is 8.55. The van der Waals surface area contributed by atoms with Crippen molar-refractivity contribution in [2.75, 3.05) is 0 Å². The summed E-state index contributed by atoms with van der Waals surface area (Å²) >= 11 is 1.58. The van der Waals surface area contributed by atoms with Crippen LogP contribution in [0.3, 0.4) is 0 Å². The van der Waals surface area contributed by atoms with E-state index >= 15 is 0 Å². The zero-order valence-electron chi connectivity index (χ0n) is 7.59. The summed E-state index contributed by atoms with van der Waals surface area (Å²) in [7, 11) is 0. The molecule has 74 valence electrons. The van der Waals surface area contributed by atoms with Crippen LogP contribution in [0.4, 0.5) is 4.39 Å². The molecule has 0 aromatic carbocycles. The summed E-state index contributed by atoms with van der Waals surface area (Å²) in [5, 5.41) is 7.15. The van der Waals surface area contributed by atoms with E-state index in [9.17, 15) is 4.39 Å². The van der Waals surface area contributed by atoms with Gasteiger partial charge in [0.15, 0.2) is 0 Å². The molecule has 0 aliphatic rings. The van der Waals surface area contributed by atoms with E-state index in [0.29, 0.717) is 5.52 Å². The third-order valence-corrected chi connectivity index (χ3v) is 2.95. The Bertz CT molecular complexity index is 600. The fourth-order valence-electron chi connectivity index (χ4n) is 1.46. The van der Waals surface area contributed by atoms with Crippen LogP contribution in [0.5, 0.6) is 0 Å². The SMILES string of the molecule is Fc1ccc2c(cnn2-c2cccs2)n1. The Morgan fingerprint density at radius 2 is 2.20 bits per heavy atom. The molecule has 0 saturated carbocycles. The van der Waals surface area contributed by atoms with Crippen LogP contribution in [0.15, 0.2) is 35.8 Å². The molecule has 0 N–H and O–H groups in total. The molecule has 3 aromatic rings. The summed E-state index contributed by atoms with van der Waals surface area (Å²) in [6.45, 7) is 0. The van der Waals surface area contributed by atoms with Crippen LogP contribution >= 0.6 is 11.3 Å². The van der Waals surface area contributed by atoms with Gasteiger partial charge in [-0.2, -0.15) is 9.49 Å². The highest BCUT2D eigenvalue weighted by atomic mass is 32.1. The summed E-state index contributed by atoms with van der Waals surface area (Å²) in [5.41, 5.74) is 1.39. The molecule has 3 heterocycles. The van der Waals surface area contributed by atoms with Gasteiger partial charge in [-0.05, 0) is 29.6 Å². The van der Waals surface area contributed by atoms with E-state index < -0.39 is 5.95 Å². The summed E-state index contributed by atoms with van der Waals surface area (Å²) in [5.74, 6) is -0.478. The third-order valence-electron chi connectivity index (χ3n) is 2.11. The fourth-order valence-corrected chi connectivity index (χ4v) is 2.16. The number of nitrogens with zero attached hydrogens (tertiary/aromatic N) is 3. The van der Waals surface area contributed by atoms with Crippen molar-refractivity contribution in [2.24, 2.45) is 0 Å². The highest BCUT2D eigenvalue weighted by Gasteiger charge is 2.06. The van der Waals surface area contributed by atoms with Crippen molar-refractivity contribution in [1.29, 1.82) is 0 Å². The molecule has 0 spiro atoms. The number of hydrogen-bond donors (Lipinski definition) is 0. The minimum absolute atomic E-state index is 0.478. The van der Waals surface area contributed by atoms with E-state index in [0.717, 1.165) is 10.5 Å². The van der Waals surface area contributed by atoms with Gasteiger partial charge in [-0.15, -0.1) is 11.3 Å². The molecule has 0 saturated heterocycles. The lowest BCUT2D eigenvalue weighted by Crippen LogP contribution is -1.92. The first-order chi connectivity index (χ1) is 7.34. The third kappa shape index (κ3) is 1.32. The zero-order chi connectivity index (χ0) is 10.3. The largest absolute Gasteiger partial charge is 0.221 e. The molecular weight excluding hydrogens is 213 g/mol. The minimum Gasteiger partial charge on any atom is -0.221 e. The van der Waals surface area contributed by atoms with E-state index in [1.165, 1.54) is 6.07 Å². The highest BCUT2D eigenvalue weighted by Crippen LogP contribution is 2.20. The number of fused-ring (bicyclic) bond motifs is 1. The van der Waals surface area contributed by atoms with Gasteiger partial charge < -0.3 is 0 Å². The molecular formula is C10H6FN3S. The second kappa shape index (κ2) is 3.13. The Kier molecular flexibility index (Phi) is 1.78. The highest BCUT2D eigenvalue weighted by molar-refractivity contribution is 7.12. The fraction of sp³-hybridized carbons (Fsp3) is 0. The quantitative estimate of drug-likeness (QED) is 0.589. The van der Waals surface area contributed by atoms with E-state index in [1.807, 2.05) is 17.5 Å². The van der Waals surface area contributed by atoms with E-state index in [1.54, 1.807) is 28.3 Å². The second-order valence-corrected chi connectivity index (χ2v) is 3.97. The Morgan fingerprint density at radius 1 is 1.27 bits per heavy atom. The van der Waals surface area contributed by atoms with Crippen LogP contribution in [0.2, 0.25) is 0 Å².